The van der Waals surface area contributed by atoms with Gasteiger partial charge in [-0.05, 0) is 31.2 Å². The standard InChI is InChI=1S/C19H21N7O2/c1-13-8-19(28)26(12-20-13)11-18(27)23-15-6-4-14(5-7-15)22-17-9-16(25(2)3)10-21-24-17/h4-10,12H,11H2,1-3H3,(H,22,24)(H,23,27). The number of hydrogen-bond donors (Lipinski definition) is 2. The molecule has 1 amide bonds. The monoisotopic (exact) mass is 379 g/mol. The summed E-state index contributed by atoms with van der Waals surface area (Å²) >= 11 is 0. The molecule has 28 heavy (non-hydrogen) atoms. The zero-order valence-corrected chi connectivity index (χ0v) is 15.9. The molecular formula is C19H21N7O2. The Balaban J connectivity index is 1.62. The number of nitrogens with zero attached hydrogens (tertiary/aromatic N) is 5. The van der Waals surface area contributed by atoms with Crippen LogP contribution in [0.15, 0.2) is 53.7 Å². The second kappa shape index (κ2) is 8.30. The van der Waals surface area contributed by atoms with Gasteiger partial charge in [0.1, 0.15) is 6.54 Å². The molecule has 3 rings (SSSR count). The van der Waals surface area contributed by atoms with Crippen molar-refractivity contribution in [2.45, 2.75) is 13.5 Å². The summed E-state index contributed by atoms with van der Waals surface area (Å²) in [4.78, 5) is 30.0. The van der Waals surface area contributed by atoms with Crippen molar-refractivity contribution < 1.29 is 4.79 Å². The minimum absolute atomic E-state index is 0.0982. The lowest BCUT2D eigenvalue weighted by Crippen LogP contribution is -2.27. The van der Waals surface area contributed by atoms with Gasteiger partial charge in [0.05, 0.1) is 18.2 Å². The Bertz CT molecular complexity index is 1030. The van der Waals surface area contributed by atoms with Crippen molar-refractivity contribution in [3.63, 3.8) is 0 Å². The minimum atomic E-state index is -0.307. The van der Waals surface area contributed by atoms with E-state index in [1.165, 1.54) is 17.0 Å². The highest BCUT2D eigenvalue weighted by Crippen LogP contribution is 2.20. The molecule has 0 saturated carbocycles. The molecule has 0 spiro atoms. The Morgan fingerprint density at radius 1 is 1.14 bits per heavy atom. The lowest BCUT2D eigenvalue weighted by molar-refractivity contribution is -0.116. The number of rotatable bonds is 6. The summed E-state index contributed by atoms with van der Waals surface area (Å²) in [6, 6.07) is 10.4. The molecule has 1 aromatic carbocycles. The average molecular weight is 379 g/mol. The van der Waals surface area contributed by atoms with Crippen molar-refractivity contribution in [2.24, 2.45) is 0 Å². The smallest absolute Gasteiger partial charge is 0.253 e. The Kier molecular flexibility index (Phi) is 5.64. The predicted octanol–water partition coefficient (Wildman–Crippen LogP) is 1.79. The third-order valence-electron chi connectivity index (χ3n) is 3.93. The van der Waals surface area contributed by atoms with E-state index in [1.54, 1.807) is 25.3 Å². The second-order valence-corrected chi connectivity index (χ2v) is 6.44. The summed E-state index contributed by atoms with van der Waals surface area (Å²) in [5.41, 5.74) is 2.72. The SMILES string of the molecule is Cc1cc(=O)n(CC(=O)Nc2ccc(Nc3cc(N(C)C)cnn3)cc2)cn1. The third-order valence-corrected chi connectivity index (χ3v) is 3.93. The third kappa shape index (κ3) is 4.91. The number of carbonyl (C=O) groups excluding carboxylic acids is 1. The van der Waals surface area contributed by atoms with E-state index < -0.39 is 0 Å². The van der Waals surface area contributed by atoms with Gasteiger partial charge in [0.25, 0.3) is 5.56 Å². The maximum Gasteiger partial charge on any atom is 0.253 e. The Labute approximate surface area is 162 Å². The number of anilines is 4. The van der Waals surface area contributed by atoms with Crippen LogP contribution in [0.4, 0.5) is 22.9 Å². The molecular weight excluding hydrogens is 358 g/mol. The molecule has 0 atom stereocenters. The lowest BCUT2D eigenvalue weighted by atomic mass is 10.2. The van der Waals surface area contributed by atoms with Crippen LogP contribution in [-0.4, -0.2) is 39.8 Å². The highest BCUT2D eigenvalue weighted by Gasteiger charge is 2.06. The van der Waals surface area contributed by atoms with Crippen LogP contribution in [0.1, 0.15) is 5.69 Å². The van der Waals surface area contributed by atoms with Gasteiger partial charge in [0, 0.05) is 43.3 Å². The Morgan fingerprint density at radius 3 is 2.54 bits per heavy atom. The molecule has 3 aromatic rings. The Hall–Kier alpha value is -3.75. The number of amides is 1. The summed E-state index contributed by atoms with van der Waals surface area (Å²) in [6.07, 6.45) is 3.05. The predicted molar refractivity (Wildman–Crippen MR) is 108 cm³/mol. The zero-order valence-electron chi connectivity index (χ0n) is 15.9. The van der Waals surface area contributed by atoms with E-state index in [2.05, 4.69) is 25.8 Å². The molecule has 9 heteroatoms. The van der Waals surface area contributed by atoms with Crippen molar-refractivity contribution in [3.8, 4) is 0 Å². The van der Waals surface area contributed by atoms with Crippen molar-refractivity contribution in [2.75, 3.05) is 29.6 Å². The molecule has 0 unspecified atom stereocenters. The van der Waals surface area contributed by atoms with Gasteiger partial charge in [-0.15, -0.1) is 5.10 Å². The first-order valence-electron chi connectivity index (χ1n) is 8.61. The second-order valence-electron chi connectivity index (χ2n) is 6.44. The first kappa shape index (κ1) is 19.0. The molecule has 0 aliphatic rings. The Morgan fingerprint density at radius 2 is 1.86 bits per heavy atom. The van der Waals surface area contributed by atoms with Crippen molar-refractivity contribution in [1.82, 2.24) is 19.7 Å². The lowest BCUT2D eigenvalue weighted by Gasteiger charge is -2.13. The molecule has 0 aliphatic heterocycles. The number of aromatic nitrogens is 4. The topological polar surface area (TPSA) is 105 Å². The van der Waals surface area contributed by atoms with Crippen LogP contribution in [0.25, 0.3) is 0 Å². The number of nitrogens with one attached hydrogen (secondary N) is 2. The molecule has 0 bridgehead atoms. The molecule has 0 radical (unpaired) electrons. The molecule has 0 fully saturated rings. The molecule has 9 nitrogen and oxygen atoms in total. The van der Waals surface area contributed by atoms with Crippen LogP contribution in [0.5, 0.6) is 0 Å². The number of aryl methyl sites for hydroxylation is 1. The number of benzene rings is 1. The van der Waals surface area contributed by atoms with Crippen LogP contribution in [-0.2, 0) is 11.3 Å². The van der Waals surface area contributed by atoms with Gasteiger partial charge in [-0.1, -0.05) is 0 Å². The van der Waals surface area contributed by atoms with E-state index in [1.807, 2.05) is 37.2 Å². The van der Waals surface area contributed by atoms with Crippen molar-refractivity contribution in [3.05, 3.63) is 65.0 Å². The first-order valence-corrected chi connectivity index (χ1v) is 8.61. The molecule has 0 aliphatic carbocycles. The van der Waals surface area contributed by atoms with Gasteiger partial charge < -0.3 is 15.5 Å². The quantitative estimate of drug-likeness (QED) is 0.673. The van der Waals surface area contributed by atoms with E-state index in [0.29, 0.717) is 17.2 Å². The van der Waals surface area contributed by atoms with E-state index in [9.17, 15) is 9.59 Å². The van der Waals surface area contributed by atoms with Crippen LogP contribution in [0.3, 0.4) is 0 Å². The summed E-state index contributed by atoms with van der Waals surface area (Å²) in [6.45, 7) is 1.63. The van der Waals surface area contributed by atoms with Gasteiger partial charge in [0.15, 0.2) is 5.82 Å². The molecule has 2 N–H and O–H groups in total. The zero-order chi connectivity index (χ0) is 20.1. The fourth-order valence-corrected chi connectivity index (χ4v) is 2.44. The van der Waals surface area contributed by atoms with Gasteiger partial charge in [-0.25, -0.2) is 4.98 Å². The molecule has 0 saturated heterocycles. The van der Waals surface area contributed by atoms with Crippen LogP contribution >= 0.6 is 0 Å². The highest BCUT2D eigenvalue weighted by atomic mass is 16.2. The van der Waals surface area contributed by atoms with E-state index in [-0.39, 0.29) is 18.0 Å². The number of carbonyl (C=O) groups is 1. The van der Waals surface area contributed by atoms with Gasteiger partial charge in [-0.2, -0.15) is 5.10 Å². The number of hydrogen-bond acceptors (Lipinski definition) is 7. The van der Waals surface area contributed by atoms with E-state index in [4.69, 9.17) is 0 Å². The van der Waals surface area contributed by atoms with Crippen LogP contribution in [0, 0.1) is 6.92 Å². The van der Waals surface area contributed by atoms with E-state index >= 15 is 0 Å². The summed E-state index contributed by atoms with van der Waals surface area (Å²) in [7, 11) is 3.86. The van der Waals surface area contributed by atoms with Gasteiger partial charge in [-0.3, -0.25) is 14.2 Å². The van der Waals surface area contributed by atoms with Gasteiger partial charge >= 0.3 is 0 Å². The molecule has 2 heterocycles. The van der Waals surface area contributed by atoms with Crippen molar-refractivity contribution in [1.29, 1.82) is 0 Å². The van der Waals surface area contributed by atoms with Crippen LogP contribution in [0.2, 0.25) is 0 Å². The van der Waals surface area contributed by atoms with Crippen molar-refractivity contribution >= 4 is 28.8 Å². The highest BCUT2D eigenvalue weighted by molar-refractivity contribution is 5.90. The normalized spacial score (nSPS) is 10.4. The fourth-order valence-electron chi connectivity index (χ4n) is 2.44. The van der Waals surface area contributed by atoms with E-state index in [0.717, 1.165) is 11.4 Å². The fraction of sp³-hybridized carbons (Fsp3) is 0.211. The van der Waals surface area contributed by atoms with Gasteiger partial charge in [0.2, 0.25) is 5.91 Å². The minimum Gasteiger partial charge on any atom is -0.376 e. The molecule has 2 aromatic heterocycles. The largest absolute Gasteiger partial charge is 0.376 e. The average Bonchev–Trinajstić information content (AvgIpc) is 2.66. The summed E-state index contributed by atoms with van der Waals surface area (Å²) < 4.78 is 1.26. The molecule has 144 valence electrons. The van der Waals surface area contributed by atoms with Crippen LogP contribution < -0.4 is 21.1 Å². The maximum atomic E-state index is 12.2. The summed E-state index contributed by atoms with van der Waals surface area (Å²) in [5, 5.41) is 13.9. The summed E-state index contributed by atoms with van der Waals surface area (Å²) in [5.74, 6) is 0.312. The maximum absolute atomic E-state index is 12.2. The first-order chi connectivity index (χ1) is 13.4.